The fraction of sp³-hybridized carbons (Fsp3) is 0.240. The second kappa shape index (κ2) is 11.1. The molecule has 2 aromatic carbocycles. The maximum Gasteiger partial charge on any atom is 0.229 e. The largest absolute Gasteiger partial charge is 0.489 e. The summed E-state index contributed by atoms with van der Waals surface area (Å²) >= 11 is 3.60. The first-order chi connectivity index (χ1) is 16.1. The van der Waals surface area contributed by atoms with Crippen LogP contribution in [0.3, 0.4) is 0 Å². The highest BCUT2D eigenvalue weighted by Gasteiger charge is 2.20. The minimum Gasteiger partial charge on any atom is -0.489 e. The number of hydrogen-bond donors (Lipinski definition) is 3. The molecule has 1 fully saturated rings. The molecule has 4 aromatic rings. The van der Waals surface area contributed by atoms with Crippen molar-refractivity contribution in [3.05, 3.63) is 71.5 Å². The summed E-state index contributed by atoms with van der Waals surface area (Å²) in [5.41, 5.74) is 2.72. The van der Waals surface area contributed by atoms with E-state index in [-0.39, 0.29) is 0 Å². The molecule has 33 heavy (non-hydrogen) atoms. The second-order valence-corrected chi connectivity index (χ2v) is 8.60. The Morgan fingerprint density at radius 3 is 2.52 bits per heavy atom. The van der Waals surface area contributed by atoms with E-state index in [9.17, 15) is 0 Å². The van der Waals surface area contributed by atoms with Gasteiger partial charge in [-0.1, -0.05) is 18.2 Å². The molecule has 8 heteroatoms. The van der Waals surface area contributed by atoms with Gasteiger partial charge in [0.2, 0.25) is 5.95 Å². The van der Waals surface area contributed by atoms with Crippen molar-refractivity contribution in [2.24, 2.45) is 0 Å². The third-order valence-electron chi connectivity index (χ3n) is 5.05. The summed E-state index contributed by atoms with van der Waals surface area (Å²) in [5, 5.41) is 10.4. The zero-order valence-electron chi connectivity index (χ0n) is 18.7. The van der Waals surface area contributed by atoms with Gasteiger partial charge in [0.1, 0.15) is 11.6 Å². The summed E-state index contributed by atoms with van der Waals surface area (Å²) in [6.45, 7) is 0. The van der Waals surface area contributed by atoms with E-state index in [0.29, 0.717) is 17.9 Å². The van der Waals surface area contributed by atoms with E-state index in [1.54, 1.807) is 12.4 Å². The fourth-order valence-corrected chi connectivity index (χ4v) is 3.72. The zero-order valence-corrected chi connectivity index (χ0v) is 20.3. The molecule has 7 nitrogen and oxygen atoms in total. The first kappa shape index (κ1) is 22.9. The first-order valence-corrected chi connectivity index (χ1v) is 11.7. The molecule has 0 spiro atoms. The van der Waals surface area contributed by atoms with Crippen LogP contribution in [0.5, 0.6) is 5.75 Å². The highest BCUT2D eigenvalue weighted by Crippen LogP contribution is 2.33. The van der Waals surface area contributed by atoms with Crippen LogP contribution in [-0.2, 0) is 0 Å². The molecule has 0 radical (unpaired) electrons. The van der Waals surface area contributed by atoms with E-state index in [0.717, 1.165) is 45.3 Å². The van der Waals surface area contributed by atoms with E-state index >= 15 is 0 Å². The van der Waals surface area contributed by atoms with Gasteiger partial charge in [0.15, 0.2) is 0 Å². The van der Waals surface area contributed by atoms with Gasteiger partial charge < -0.3 is 20.7 Å². The third-order valence-corrected chi connectivity index (χ3v) is 5.67. The molecular formula is C25H27BrN6O. The standard InChI is InChI=1S/C23H20BrN5O.C2H7N/c24-19-13-16(8-9-21(19)30-18-5-3-6-18)28-23-25-11-10-22(29-23)27-17-12-15-4-1-2-7-20(15)26-14-17;1-3-2/h1-2,4,7-14,18H,3,5-6H2,(H2,25,27,28,29);3H,1-2H3. The van der Waals surface area contributed by atoms with E-state index < -0.39 is 0 Å². The van der Waals surface area contributed by atoms with Crippen LogP contribution in [-0.4, -0.2) is 35.2 Å². The second-order valence-electron chi connectivity index (χ2n) is 7.75. The number of benzene rings is 2. The van der Waals surface area contributed by atoms with Crippen LogP contribution in [0.2, 0.25) is 0 Å². The monoisotopic (exact) mass is 506 g/mol. The maximum absolute atomic E-state index is 5.98. The number of rotatable bonds is 6. The lowest BCUT2D eigenvalue weighted by molar-refractivity contribution is 0.119. The smallest absolute Gasteiger partial charge is 0.229 e. The van der Waals surface area contributed by atoms with E-state index in [4.69, 9.17) is 4.74 Å². The molecule has 0 aliphatic heterocycles. The van der Waals surface area contributed by atoms with Crippen LogP contribution < -0.4 is 20.7 Å². The Labute approximate surface area is 202 Å². The molecule has 0 atom stereocenters. The van der Waals surface area contributed by atoms with Crippen molar-refractivity contribution in [3.63, 3.8) is 0 Å². The Morgan fingerprint density at radius 1 is 0.939 bits per heavy atom. The van der Waals surface area contributed by atoms with Gasteiger partial charge in [-0.25, -0.2) is 4.98 Å². The lowest BCUT2D eigenvalue weighted by Gasteiger charge is -2.27. The average Bonchev–Trinajstić information content (AvgIpc) is 2.78. The fourth-order valence-electron chi connectivity index (χ4n) is 3.25. The molecular weight excluding hydrogens is 480 g/mol. The number of halogens is 1. The van der Waals surface area contributed by atoms with E-state index in [1.165, 1.54) is 6.42 Å². The summed E-state index contributed by atoms with van der Waals surface area (Å²) in [5.74, 6) is 2.06. The van der Waals surface area contributed by atoms with Crippen LogP contribution in [0.1, 0.15) is 19.3 Å². The number of ether oxygens (including phenoxy) is 1. The summed E-state index contributed by atoms with van der Waals surface area (Å²) in [7, 11) is 3.75. The quantitative estimate of drug-likeness (QED) is 0.293. The Kier molecular flexibility index (Phi) is 7.70. The number of fused-ring (bicyclic) bond motifs is 1. The van der Waals surface area contributed by atoms with Crippen LogP contribution in [0.25, 0.3) is 10.9 Å². The molecule has 2 aromatic heterocycles. The van der Waals surface area contributed by atoms with Gasteiger partial charge >= 0.3 is 0 Å². The number of aromatic nitrogens is 3. The number of nitrogens with zero attached hydrogens (tertiary/aromatic N) is 3. The van der Waals surface area contributed by atoms with E-state index in [2.05, 4.69) is 52.9 Å². The Balaban J connectivity index is 0.000000821. The number of para-hydroxylation sites is 1. The molecule has 0 bridgehead atoms. The SMILES string of the molecule is Brc1cc(Nc2nccc(Nc3cnc4ccccc4c3)n2)ccc1OC1CCC1.CNC. The van der Waals surface area contributed by atoms with Crippen LogP contribution in [0.15, 0.2) is 71.5 Å². The summed E-state index contributed by atoms with van der Waals surface area (Å²) in [6, 6.07) is 17.8. The van der Waals surface area contributed by atoms with Crippen molar-refractivity contribution in [1.29, 1.82) is 0 Å². The zero-order chi connectivity index (χ0) is 23.0. The Hall–Kier alpha value is -3.23. The lowest BCUT2D eigenvalue weighted by Crippen LogP contribution is -2.24. The molecule has 170 valence electrons. The highest BCUT2D eigenvalue weighted by atomic mass is 79.9. The van der Waals surface area contributed by atoms with Crippen molar-refractivity contribution >= 4 is 50.0 Å². The molecule has 3 N–H and O–H groups in total. The molecule has 0 unspecified atom stereocenters. The average molecular weight is 507 g/mol. The normalized spacial score (nSPS) is 12.9. The van der Waals surface area contributed by atoms with Gasteiger partial charge in [-0.3, -0.25) is 4.98 Å². The van der Waals surface area contributed by atoms with E-state index in [1.807, 2.05) is 62.6 Å². The highest BCUT2D eigenvalue weighted by molar-refractivity contribution is 9.10. The Morgan fingerprint density at radius 2 is 1.76 bits per heavy atom. The predicted octanol–water partition coefficient (Wildman–Crippen LogP) is 6.04. The van der Waals surface area contributed by atoms with Crippen molar-refractivity contribution < 1.29 is 4.74 Å². The minimum absolute atomic E-state index is 0.343. The molecule has 2 heterocycles. The van der Waals surface area contributed by atoms with Crippen LogP contribution >= 0.6 is 15.9 Å². The number of hydrogen-bond acceptors (Lipinski definition) is 7. The van der Waals surface area contributed by atoms with Gasteiger partial charge in [-0.05, 0) is 85.7 Å². The number of nitrogens with one attached hydrogen (secondary N) is 3. The molecule has 0 amide bonds. The van der Waals surface area contributed by atoms with Crippen molar-refractivity contribution in [1.82, 2.24) is 20.3 Å². The van der Waals surface area contributed by atoms with Crippen molar-refractivity contribution in [2.45, 2.75) is 25.4 Å². The third kappa shape index (κ3) is 6.18. The van der Waals surface area contributed by atoms with Gasteiger partial charge in [0.05, 0.1) is 28.0 Å². The Bertz CT molecular complexity index is 1210. The number of pyridine rings is 1. The first-order valence-electron chi connectivity index (χ1n) is 10.9. The van der Waals surface area contributed by atoms with Crippen molar-refractivity contribution in [2.75, 3.05) is 24.7 Å². The van der Waals surface area contributed by atoms with Crippen LogP contribution in [0.4, 0.5) is 23.1 Å². The van der Waals surface area contributed by atoms with Gasteiger partial charge in [0.25, 0.3) is 0 Å². The molecule has 5 rings (SSSR count). The topological polar surface area (TPSA) is 84.0 Å². The van der Waals surface area contributed by atoms with Crippen molar-refractivity contribution in [3.8, 4) is 5.75 Å². The van der Waals surface area contributed by atoms with Gasteiger partial charge in [0, 0.05) is 17.3 Å². The molecule has 1 aliphatic rings. The van der Waals surface area contributed by atoms with Crippen LogP contribution in [0, 0.1) is 0 Å². The van der Waals surface area contributed by atoms with Gasteiger partial charge in [-0.15, -0.1) is 0 Å². The molecule has 1 aliphatic carbocycles. The maximum atomic E-state index is 5.98. The summed E-state index contributed by atoms with van der Waals surface area (Å²) in [4.78, 5) is 13.4. The lowest BCUT2D eigenvalue weighted by atomic mass is 9.96. The number of anilines is 4. The van der Waals surface area contributed by atoms with Gasteiger partial charge in [-0.2, -0.15) is 4.98 Å². The summed E-state index contributed by atoms with van der Waals surface area (Å²) in [6.07, 6.45) is 7.37. The minimum atomic E-state index is 0.343. The molecule has 0 saturated heterocycles. The predicted molar refractivity (Wildman–Crippen MR) is 138 cm³/mol. The summed E-state index contributed by atoms with van der Waals surface area (Å²) < 4.78 is 6.89. The molecule has 1 saturated carbocycles.